The van der Waals surface area contributed by atoms with Crippen molar-refractivity contribution in [2.24, 2.45) is 0 Å². The summed E-state index contributed by atoms with van der Waals surface area (Å²) in [5.74, 6) is -0.00916. The smallest absolute Gasteiger partial charge is 0.157 e. The average molecular weight is 249 g/mol. The van der Waals surface area contributed by atoms with Crippen molar-refractivity contribution in [1.29, 1.82) is 0 Å². The topological polar surface area (TPSA) is 29.1 Å². The number of hydrogen-bond donors (Lipinski definition) is 1. The molecule has 1 N–H and O–H groups in total. The van der Waals surface area contributed by atoms with Crippen LogP contribution >= 0.6 is 0 Å². The summed E-state index contributed by atoms with van der Waals surface area (Å²) in [6, 6.07) is 4.64. The van der Waals surface area contributed by atoms with Crippen LogP contribution < -0.4 is 5.32 Å². The third kappa shape index (κ3) is 2.46. The molecule has 1 unspecified atom stereocenters. The van der Waals surface area contributed by atoms with E-state index in [2.05, 4.69) is 5.32 Å². The number of carbonyl (C=O) groups excluding carboxylic acids is 1. The second kappa shape index (κ2) is 5.19. The van der Waals surface area contributed by atoms with Gasteiger partial charge in [0.25, 0.3) is 0 Å². The zero-order valence-electron chi connectivity index (χ0n) is 11.1. The Morgan fingerprint density at radius 2 is 2.28 bits per heavy atom. The third-order valence-corrected chi connectivity index (χ3v) is 4.04. The Labute approximate surface area is 108 Å². The molecule has 1 aromatic carbocycles. The van der Waals surface area contributed by atoms with E-state index < -0.39 is 0 Å². The van der Waals surface area contributed by atoms with Crippen LogP contribution in [0.3, 0.4) is 0 Å². The van der Waals surface area contributed by atoms with Crippen LogP contribution in [0.1, 0.15) is 37.3 Å². The van der Waals surface area contributed by atoms with E-state index in [4.69, 9.17) is 0 Å². The standard InChI is InChI=1S/C15H20FNO/c1-3-15(7-4-8-17-15)14(18)10-12-5-6-13(16)9-11(12)2/h5-6,9,17H,3-4,7-8,10H2,1-2H3. The van der Waals surface area contributed by atoms with Gasteiger partial charge in [0.15, 0.2) is 5.78 Å². The van der Waals surface area contributed by atoms with E-state index >= 15 is 0 Å². The van der Waals surface area contributed by atoms with Crippen LogP contribution in [0.5, 0.6) is 0 Å². The molecule has 1 saturated heterocycles. The van der Waals surface area contributed by atoms with Crippen molar-refractivity contribution < 1.29 is 9.18 Å². The van der Waals surface area contributed by atoms with Crippen LogP contribution in [0.25, 0.3) is 0 Å². The maximum Gasteiger partial charge on any atom is 0.157 e. The minimum atomic E-state index is -0.346. The molecule has 2 nitrogen and oxygen atoms in total. The molecule has 3 heteroatoms. The van der Waals surface area contributed by atoms with Gasteiger partial charge in [-0.1, -0.05) is 13.0 Å². The fraction of sp³-hybridized carbons (Fsp3) is 0.533. The van der Waals surface area contributed by atoms with Gasteiger partial charge in [0.05, 0.1) is 5.54 Å². The average Bonchev–Trinajstić information content (AvgIpc) is 2.82. The van der Waals surface area contributed by atoms with E-state index in [1.165, 1.54) is 12.1 Å². The van der Waals surface area contributed by atoms with Gasteiger partial charge in [-0.05, 0) is 56.0 Å². The molecule has 18 heavy (non-hydrogen) atoms. The lowest BCUT2D eigenvalue weighted by molar-refractivity contribution is -0.124. The van der Waals surface area contributed by atoms with E-state index in [0.29, 0.717) is 6.42 Å². The fourth-order valence-electron chi connectivity index (χ4n) is 2.74. The zero-order chi connectivity index (χ0) is 13.2. The highest BCUT2D eigenvalue weighted by Crippen LogP contribution is 2.26. The summed E-state index contributed by atoms with van der Waals surface area (Å²) in [4.78, 5) is 12.4. The van der Waals surface area contributed by atoms with Crippen molar-refractivity contribution in [3.05, 3.63) is 35.1 Å². The van der Waals surface area contributed by atoms with E-state index in [1.54, 1.807) is 6.07 Å². The van der Waals surface area contributed by atoms with Crippen molar-refractivity contribution >= 4 is 5.78 Å². The van der Waals surface area contributed by atoms with Crippen molar-refractivity contribution in [3.63, 3.8) is 0 Å². The summed E-state index contributed by atoms with van der Waals surface area (Å²) in [5.41, 5.74) is 1.44. The van der Waals surface area contributed by atoms with Crippen molar-refractivity contribution in [1.82, 2.24) is 5.32 Å². The summed E-state index contributed by atoms with van der Waals surface area (Å²) >= 11 is 0. The molecule has 1 atom stereocenters. The summed E-state index contributed by atoms with van der Waals surface area (Å²) < 4.78 is 13.0. The van der Waals surface area contributed by atoms with Crippen LogP contribution in [0.4, 0.5) is 4.39 Å². The molecule has 0 aliphatic carbocycles. The van der Waals surface area contributed by atoms with Crippen molar-refractivity contribution in [2.45, 2.75) is 45.1 Å². The fourth-order valence-corrected chi connectivity index (χ4v) is 2.74. The van der Waals surface area contributed by atoms with Crippen LogP contribution in [0.15, 0.2) is 18.2 Å². The molecule has 2 rings (SSSR count). The predicted molar refractivity (Wildman–Crippen MR) is 70.1 cm³/mol. The van der Waals surface area contributed by atoms with Crippen LogP contribution in [-0.4, -0.2) is 17.9 Å². The predicted octanol–water partition coefficient (Wildman–Crippen LogP) is 2.78. The number of aryl methyl sites for hydroxylation is 1. The maximum absolute atomic E-state index is 13.0. The van der Waals surface area contributed by atoms with E-state index in [0.717, 1.165) is 36.9 Å². The summed E-state index contributed by atoms with van der Waals surface area (Å²) in [6.07, 6.45) is 3.20. The molecule has 0 bridgehead atoms. The second-order valence-corrected chi connectivity index (χ2v) is 5.14. The van der Waals surface area contributed by atoms with Crippen LogP contribution in [0.2, 0.25) is 0 Å². The number of hydrogen-bond acceptors (Lipinski definition) is 2. The van der Waals surface area contributed by atoms with E-state index in [-0.39, 0.29) is 17.1 Å². The highest BCUT2D eigenvalue weighted by atomic mass is 19.1. The maximum atomic E-state index is 13.0. The molecule has 0 radical (unpaired) electrons. The Kier molecular flexibility index (Phi) is 3.81. The first-order valence-corrected chi connectivity index (χ1v) is 6.61. The molecule has 1 fully saturated rings. The van der Waals surface area contributed by atoms with Gasteiger partial charge in [-0.2, -0.15) is 0 Å². The molecule has 98 valence electrons. The highest BCUT2D eigenvalue weighted by molar-refractivity contribution is 5.90. The number of halogens is 1. The number of Topliss-reactive ketones (excluding diaryl/α,β-unsaturated/α-hetero) is 1. The summed E-state index contributed by atoms with van der Waals surface area (Å²) in [6.45, 7) is 4.82. The van der Waals surface area contributed by atoms with Crippen LogP contribution in [0, 0.1) is 12.7 Å². The van der Waals surface area contributed by atoms with E-state index in [1.807, 2.05) is 13.8 Å². The molecule has 1 aliphatic rings. The number of benzene rings is 1. The molecule has 0 aromatic heterocycles. The molecule has 1 aliphatic heterocycles. The lowest BCUT2D eigenvalue weighted by Crippen LogP contribution is -2.47. The lowest BCUT2D eigenvalue weighted by Gasteiger charge is -2.26. The van der Waals surface area contributed by atoms with Gasteiger partial charge in [0.1, 0.15) is 5.82 Å². The molecule has 1 aromatic rings. The lowest BCUT2D eigenvalue weighted by atomic mass is 9.85. The van der Waals surface area contributed by atoms with Crippen molar-refractivity contribution in [2.75, 3.05) is 6.54 Å². The molecule has 0 amide bonds. The molecular formula is C15H20FNO. The van der Waals surface area contributed by atoms with Gasteiger partial charge in [-0.3, -0.25) is 4.79 Å². The first-order valence-electron chi connectivity index (χ1n) is 6.61. The number of rotatable bonds is 4. The minimum Gasteiger partial charge on any atom is -0.305 e. The van der Waals surface area contributed by atoms with Gasteiger partial charge >= 0.3 is 0 Å². The first kappa shape index (κ1) is 13.2. The number of nitrogens with one attached hydrogen (secondary N) is 1. The molecule has 1 heterocycles. The van der Waals surface area contributed by atoms with Gasteiger partial charge < -0.3 is 5.32 Å². The van der Waals surface area contributed by atoms with Gasteiger partial charge in [0.2, 0.25) is 0 Å². The Bertz CT molecular complexity index is 450. The first-order chi connectivity index (χ1) is 8.57. The monoisotopic (exact) mass is 249 g/mol. The third-order valence-electron chi connectivity index (χ3n) is 4.04. The van der Waals surface area contributed by atoms with Crippen LogP contribution in [-0.2, 0) is 11.2 Å². The molecule has 0 saturated carbocycles. The Morgan fingerprint density at radius 1 is 1.50 bits per heavy atom. The van der Waals surface area contributed by atoms with Crippen molar-refractivity contribution in [3.8, 4) is 0 Å². The second-order valence-electron chi connectivity index (χ2n) is 5.14. The van der Waals surface area contributed by atoms with E-state index in [9.17, 15) is 9.18 Å². The highest BCUT2D eigenvalue weighted by Gasteiger charge is 2.38. The normalized spacial score (nSPS) is 23.3. The molecular weight excluding hydrogens is 229 g/mol. The quantitative estimate of drug-likeness (QED) is 0.889. The van der Waals surface area contributed by atoms with Gasteiger partial charge in [0, 0.05) is 6.42 Å². The number of carbonyl (C=O) groups is 1. The SMILES string of the molecule is CCC1(C(=O)Cc2ccc(F)cc2C)CCCN1. The van der Waals surface area contributed by atoms with Gasteiger partial charge in [-0.15, -0.1) is 0 Å². The Morgan fingerprint density at radius 3 is 2.83 bits per heavy atom. The summed E-state index contributed by atoms with van der Waals surface area (Å²) in [5, 5.41) is 3.35. The Hall–Kier alpha value is -1.22. The Balaban J connectivity index is 2.15. The zero-order valence-corrected chi connectivity index (χ0v) is 11.1. The minimum absolute atomic E-state index is 0.234. The number of ketones is 1. The largest absolute Gasteiger partial charge is 0.305 e. The van der Waals surface area contributed by atoms with Gasteiger partial charge in [-0.25, -0.2) is 4.39 Å². The summed E-state index contributed by atoms with van der Waals surface area (Å²) in [7, 11) is 0. The molecule has 0 spiro atoms.